The smallest absolute Gasteiger partial charge is 0.234 e. The number of benzene rings is 5. The van der Waals surface area contributed by atoms with Crippen molar-refractivity contribution >= 4 is 55.2 Å². The summed E-state index contributed by atoms with van der Waals surface area (Å²) in [5.74, 6) is 2.35. The highest BCUT2D eigenvalue weighted by atomic mass is 15.3. The maximum Gasteiger partial charge on any atom is 0.234 e. The van der Waals surface area contributed by atoms with E-state index in [2.05, 4.69) is 173 Å². The molecule has 2 aliphatic rings. The molecule has 0 spiro atoms. The zero-order valence-corrected chi connectivity index (χ0v) is 25.2. The molecule has 3 aromatic heterocycles. The Morgan fingerprint density at radius 2 is 1.00 bits per heavy atom. The number of hydrogen-bond donors (Lipinski definition) is 0. The van der Waals surface area contributed by atoms with Gasteiger partial charge in [0.05, 0.1) is 28.1 Å². The molecule has 5 heteroatoms. The van der Waals surface area contributed by atoms with E-state index in [4.69, 9.17) is 9.97 Å². The lowest BCUT2D eigenvalue weighted by atomic mass is 9.76. The van der Waals surface area contributed by atoms with Crippen molar-refractivity contribution in [2.75, 3.05) is 4.90 Å². The summed E-state index contributed by atoms with van der Waals surface area (Å²) in [6.45, 7) is 2.32. The maximum absolute atomic E-state index is 5.46. The summed E-state index contributed by atoms with van der Waals surface area (Å²) in [5, 5.41) is 4.82. The van der Waals surface area contributed by atoms with Gasteiger partial charge < -0.3 is 4.90 Å². The van der Waals surface area contributed by atoms with Crippen LogP contribution in [0.25, 0.3) is 55.2 Å². The van der Waals surface area contributed by atoms with Crippen LogP contribution in [0.4, 0.5) is 11.6 Å². The molecular formula is C41H29N5. The first-order valence-electron chi connectivity index (χ1n) is 15.8. The second kappa shape index (κ2) is 9.29. The number of rotatable bonds is 3. The summed E-state index contributed by atoms with van der Waals surface area (Å²) >= 11 is 0. The first-order valence-corrected chi connectivity index (χ1v) is 15.8. The molecule has 2 atom stereocenters. The Morgan fingerprint density at radius 3 is 1.52 bits per heavy atom. The third-order valence-electron chi connectivity index (χ3n) is 10.0. The van der Waals surface area contributed by atoms with E-state index in [1.165, 1.54) is 27.1 Å². The first kappa shape index (κ1) is 25.4. The molecular weight excluding hydrogens is 562 g/mol. The standard InChI is InChI=1S/C41H29N5/c1-41-25-13-12-24-37(41)46(36-23-11-6-18-31(36)41)40-42-38(44-32-19-7-2-14-27(32)28-15-3-8-20-33(28)44)26-39(43-40)45-34-21-9-4-16-29(34)30-17-5-10-22-35(30)45/h2-26,37H,1H3. The summed E-state index contributed by atoms with van der Waals surface area (Å²) in [6, 6.07) is 45.3. The van der Waals surface area contributed by atoms with Crippen LogP contribution in [-0.2, 0) is 5.41 Å². The Bertz CT molecular complexity index is 2350. The number of nitrogens with zero attached hydrogens (tertiary/aromatic N) is 5. The van der Waals surface area contributed by atoms with Gasteiger partial charge in [-0.25, -0.2) is 0 Å². The Kier molecular flexibility index (Phi) is 5.13. The van der Waals surface area contributed by atoms with Crippen LogP contribution < -0.4 is 4.90 Å². The Labute approximate surface area is 266 Å². The van der Waals surface area contributed by atoms with Gasteiger partial charge in [-0.1, -0.05) is 115 Å². The molecule has 0 radical (unpaired) electrons. The number of para-hydroxylation sites is 5. The molecule has 0 saturated carbocycles. The van der Waals surface area contributed by atoms with Crippen LogP contribution in [0, 0.1) is 0 Å². The highest BCUT2D eigenvalue weighted by Crippen LogP contribution is 2.50. The minimum Gasteiger partial charge on any atom is -0.302 e. The van der Waals surface area contributed by atoms with Crippen molar-refractivity contribution in [3.8, 4) is 11.6 Å². The van der Waals surface area contributed by atoms with Gasteiger partial charge in [0, 0.05) is 38.7 Å². The number of aromatic nitrogens is 4. The molecule has 2 unspecified atom stereocenters. The van der Waals surface area contributed by atoms with Gasteiger partial charge >= 0.3 is 0 Å². The van der Waals surface area contributed by atoms with Gasteiger partial charge in [-0.2, -0.15) is 9.97 Å². The van der Waals surface area contributed by atoms with Crippen molar-refractivity contribution in [2.24, 2.45) is 0 Å². The SMILES string of the molecule is CC12C=CC=CC1N(c1nc(-n3c4ccccc4c4ccccc43)cc(-n3c4ccccc4c4ccccc43)n1)c1ccccc12. The second-order valence-corrected chi connectivity index (χ2v) is 12.5. The number of allylic oxidation sites excluding steroid dienone is 2. The molecule has 5 nitrogen and oxygen atoms in total. The molecule has 0 fully saturated rings. The van der Waals surface area contributed by atoms with Crippen LogP contribution in [0.1, 0.15) is 12.5 Å². The van der Waals surface area contributed by atoms with E-state index < -0.39 is 0 Å². The van der Waals surface area contributed by atoms with Gasteiger partial charge in [0.1, 0.15) is 11.6 Å². The van der Waals surface area contributed by atoms with E-state index in [1.54, 1.807) is 0 Å². The molecule has 10 rings (SSSR count). The molecule has 218 valence electrons. The maximum atomic E-state index is 5.46. The molecule has 5 aromatic carbocycles. The lowest BCUT2D eigenvalue weighted by Gasteiger charge is -2.33. The van der Waals surface area contributed by atoms with Crippen LogP contribution in [0.2, 0.25) is 0 Å². The van der Waals surface area contributed by atoms with Gasteiger partial charge in [0.15, 0.2) is 0 Å². The van der Waals surface area contributed by atoms with E-state index in [0.717, 1.165) is 39.4 Å². The molecule has 0 bridgehead atoms. The Balaban J connectivity index is 1.33. The van der Waals surface area contributed by atoms with Crippen molar-refractivity contribution in [1.29, 1.82) is 0 Å². The van der Waals surface area contributed by atoms with Crippen LogP contribution >= 0.6 is 0 Å². The normalized spacial score (nSPS) is 18.6. The molecule has 4 heterocycles. The molecule has 46 heavy (non-hydrogen) atoms. The predicted molar refractivity (Wildman–Crippen MR) is 189 cm³/mol. The summed E-state index contributed by atoms with van der Waals surface area (Å²) in [6.07, 6.45) is 8.92. The lowest BCUT2D eigenvalue weighted by Crippen LogP contribution is -2.40. The molecule has 0 saturated heterocycles. The van der Waals surface area contributed by atoms with E-state index in [1.807, 2.05) is 0 Å². The molecule has 8 aromatic rings. The van der Waals surface area contributed by atoms with Crippen LogP contribution in [-0.4, -0.2) is 25.1 Å². The minimum atomic E-state index is -0.204. The molecule has 1 aliphatic carbocycles. The first-order chi connectivity index (χ1) is 22.7. The fraction of sp³-hybridized carbons (Fsp3) is 0.0732. The zero-order chi connectivity index (χ0) is 30.4. The average molecular weight is 592 g/mol. The minimum absolute atomic E-state index is 0.0364. The fourth-order valence-corrected chi connectivity index (χ4v) is 7.93. The third-order valence-corrected chi connectivity index (χ3v) is 10.0. The Morgan fingerprint density at radius 1 is 0.543 bits per heavy atom. The summed E-state index contributed by atoms with van der Waals surface area (Å²) in [5.41, 5.74) is 6.69. The second-order valence-electron chi connectivity index (χ2n) is 12.5. The zero-order valence-electron chi connectivity index (χ0n) is 25.2. The van der Waals surface area contributed by atoms with Crippen molar-refractivity contribution in [3.05, 3.63) is 157 Å². The highest BCUT2D eigenvalue weighted by molar-refractivity contribution is 6.10. The van der Waals surface area contributed by atoms with Gasteiger partial charge in [-0.15, -0.1) is 0 Å². The van der Waals surface area contributed by atoms with Crippen molar-refractivity contribution in [3.63, 3.8) is 0 Å². The van der Waals surface area contributed by atoms with Gasteiger partial charge in [0.2, 0.25) is 5.95 Å². The summed E-state index contributed by atoms with van der Waals surface area (Å²) < 4.78 is 4.59. The molecule has 1 aliphatic heterocycles. The van der Waals surface area contributed by atoms with E-state index in [9.17, 15) is 0 Å². The number of anilines is 2. The lowest BCUT2D eigenvalue weighted by molar-refractivity contribution is 0.546. The van der Waals surface area contributed by atoms with Crippen LogP contribution in [0.3, 0.4) is 0 Å². The van der Waals surface area contributed by atoms with Crippen molar-refractivity contribution in [2.45, 2.75) is 18.4 Å². The van der Waals surface area contributed by atoms with Gasteiger partial charge in [-0.05, 0) is 42.8 Å². The Hall–Kier alpha value is -5.94. The molecule has 0 amide bonds. The summed E-state index contributed by atoms with van der Waals surface area (Å²) in [4.78, 5) is 13.2. The average Bonchev–Trinajstić information content (AvgIpc) is 3.72. The van der Waals surface area contributed by atoms with E-state index in [-0.39, 0.29) is 11.5 Å². The highest BCUT2D eigenvalue weighted by Gasteiger charge is 2.47. The van der Waals surface area contributed by atoms with Crippen LogP contribution in [0.15, 0.2) is 152 Å². The number of fused-ring (bicyclic) bond motifs is 9. The topological polar surface area (TPSA) is 38.9 Å². The third kappa shape index (κ3) is 3.34. The predicted octanol–water partition coefficient (Wildman–Crippen LogP) is 9.57. The van der Waals surface area contributed by atoms with Crippen molar-refractivity contribution in [1.82, 2.24) is 19.1 Å². The monoisotopic (exact) mass is 591 g/mol. The largest absolute Gasteiger partial charge is 0.302 e. The molecule has 0 N–H and O–H groups in total. The quantitative estimate of drug-likeness (QED) is 0.205. The number of hydrogen-bond acceptors (Lipinski definition) is 3. The summed E-state index contributed by atoms with van der Waals surface area (Å²) in [7, 11) is 0. The van der Waals surface area contributed by atoms with Crippen LogP contribution in [0.5, 0.6) is 0 Å². The van der Waals surface area contributed by atoms with Crippen molar-refractivity contribution < 1.29 is 0 Å². The van der Waals surface area contributed by atoms with E-state index in [0.29, 0.717) is 5.95 Å². The van der Waals surface area contributed by atoms with E-state index >= 15 is 0 Å². The van der Waals surface area contributed by atoms with Gasteiger partial charge in [-0.3, -0.25) is 9.13 Å². The fourth-order valence-electron chi connectivity index (χ4n) is 7.93. The van der Waals surface area contributed by atoms with Gasteiger partial charge in [0.25, 0.3) is 0 Å².